The Balaban J connectivity index is 1.71. The van der Waals surface area contributed by atoms with Gasteiger partial charge in [0.25, 0.3) is 5.56 Å². The van der Waals surface area contributed by atoms with Crippen LogP contribution >= 0.6 is 24.4 Å². The van der Waals surface area contributed by atoms with E-state index in [1.165, 1.54) is 6.07 Å². The van der Waals surface area contributed by atoms with Crippen molar-refractivity contribution in [2.24, 2.45) is 0 Å². The molecule has 0 spiro atoms. The molecule has 1 aliphatic rings. The highest BCUT2D eigenvalue weighted by atomic mass is 32.1. The van der Waals surface area contributed by atoms with E-state index < -0.39 is 0 Å². The molecule has 1 fully saturated rings. The van der Waals surface area contributed by atoms with Crippen LogP contribution in [-0.2, 0) is 16.0 Å². The highest BCUT2D eigenvalue weighted by Crippen LogP contribution is 2.10. The number of hydrazine groups is 1. The van der Waals surface area contributed by atoms with Crippen molar-refractivity contribution in [2.75, 3.05) is 13.2 Å². The summed E-state index contributed by atoms with van der Waals surface area (Å²) in [4.78, 5) is 28.1. The third kappa shape index (κ3) is 5.54. The summed E-state index contributed by atoms with van der Waals surface area (Å²) in [6, 6.07) is 1.28. The van der Waals surface area contributed by atoms with Gasteiger partial charge in [0.15, 0.2) is 9.88 Å². The maximum absolute atomic E-state index is 11.7. The Morgan fingerprint density at radius 3 is 2.91 bits per heavy atom. The zero-order valence-corrected chi connectivity index (χ0v) is 13.4. The van der Waals surface area contributed by atoms with Gasteiger partial charge in [0.05, 0.1) is 12.5 Å². The Kier molecular flexibility index (Phi) is 6.04. The molecule has 5 N–H and O–H groups in total. The summed E-state index contributed by atoms with van der Waals surface area (Å²) in [5, 5.41) is 3.27. The minimum absolute atomic E-state index is 0.0189. The molecule has 2 heterocycles. The van der Waals surface area contributed by atoms with Gasteiger partial charge in [-0.05, 0) is 37.3 Å². The van der Waals surface area contributed by atoms with Crippen molar-refractivity contribution in [2.45, 2.75) is 25.4 Å². The molecule has 0 radical (unpaired) electrons. The van der Waals surface area contributed by atoms with E-state index in [9.17, 15) is 9.59 Å². The Morgan fingerprint density at radius 1 is 1.41 bits per heavy atom. The lowest BCUT2D eigenvalue weighted by Gasteiger charge is -2.14. The lowest BCUT2D eigenvalue weighted by Crippen LogP contribution is -2.48. The Bertz CT molecular complexity index is 622. The summed E-state index contributed by atoms with van der Waals surface area (Å²) < 4.78 is 5.62. The number of carbonyl (C=O) groups excluding carboxylic acids is 1. The van der Waals surface area contributed by atoms with Gasteiger partial charge in [-0.15, -0.1) is 0 Å². The molecular weight excluding hydrogens is 326 g/mol. The molecular formula is C12H17N5O3S2. The minimum atomic E-state index is -0.353. The van der Waals surface area contributed by atoms with Crippen LogP contribution in [0.1, 0.15) is 18.5 Å². The monoisotopic (exact) mass is 343 g/mol. The van der Waals surface area contributed by atoms with Gasteiger partial charge in [0, 0.05) is 24.9 Å². The highest BCUT2D eigenvalue weighted by Gasteiger charge is 2.15. The number of carbonyl (C=O) groups is 1. The van der Waals surface area contributed by atoms with Gasteiger partial charge in [-0.2, -0.15) is 0 Å². The summed E-state index contributed by atoms with van der Waals surface area (Å²) >= 11 is 9.87. The summed E-state index contributed by atoms with van der Waals surface area (Å²) in [6.45, 7) is 1.38. The van der Waals surface area contributed by atoms with Gasteiger partial charge >= 0.3 is 0 Å². The Morgan fingerprint density at radius 2 is 2.23 bits per heavy atom. The second kappa shape index (κ2) is 8.01. The molecule has 10 heteroatoms. The number of aromatic amines is 2. The number of hydrogen-bond acceptors (Lipinski definition) is 5. The van der Waals surface area contributed by atoms with E-state index in [4.69, 9.17) is 29.2 Å². The minimum Gasteiger partial charge on any atom is -0.376 e. The van der Waals surface area contributed by atoms with E-state index in [0.717, 1.165) is 19.4 Å². The smallest absolute Gasteiger partial charge is 0.251 e. The molecule has 0 saturated carbocycles. The maximum Gasteiger partial charge on any atom is 0.251 e. The molecule has 120 valence electrons. The topological polar surface area (TPSA) is 111 Å². The zero-order valence-electron chi connectivity index (χ0n) is 11.7. The van der Waals surface area contributed by atoms with Crippen LogP contribution in [-0.4, -0.2) is 40.2 Å². The summed E-state index contributed by atoms with van der Waals surface area (Å²) in [5.41, 5.74) is 5.11. The van der Waals surface area contributed by atoms with Crippen LogP contribution < -0.4 is 21.7 Å². The molecule has 0 unspecified atom stereocenters. The number of thiocarbonyl (C=S) groups is 1. The first kappa shape index (κ1) is 16.6. The Hall–Kier alpha value is -1.78. The SMILES string of the molecule is O=C(Cc1cc(=O)[nH]c(=S)[nH]1)NNC(=S)NC[C@@H]1CCCO1. The quantitative estimate of drug-likeness (QED) is 0.375. The Labute approximate surface area is 137 Å². The predicted molar refractivity (Wildman–Crippen MR) is 86.8 cm³/mol. The van der Waals surface area contributed by atoms with Crippen molar-refractivity contribution in [1.82, 2.24) is 26.1 Å². The first-order valence-electron chi connectivity index (χ1n) is 6.80. The number of rotatable bonds is 4. The second-order valence-electron chi connectivity index (χ2n) is 4.81. The van der Waals surface area contributed by atoms with Crippen LogP contribution in [0.4, 0.5) is 0 Å². The molecule has 0 aliphatic carbocycles. The van der Waals surface area contributed by atoms with Crippen molar-refractivity contribution in [3.63, 3.8) is 0 Å². The van der Waals surface area contributed by atoms with Gasteiger partial charge in [-0.25, -0.2) is 0 Å². The van der Waals surface area contributed by atoms with E-state index in [0.29, 0.717) is 17.4 Å². The normalized spacial score (nSPS) is 17.0. The lowest BCUT2D eigenvalue weighted by molar-refractivity contribution is -0.121. The van der Waals surface area contributed by atoms with Gasteiger partial charge < -0.3 is 15.0 Å². The van der Waals surface area contributed by atoms with Crippen LogP contribution in [0.25, 0.3) is 0 Å². The van der Waals surface area contributed by atoms with Gasteiger partial charge in [-0.1, -0.05) is 0 Å². The van der Waals surface area contributed by atoms with Crippen LogP contribution in [0.15, 0.2) is 10.9 Å². The first-order chi connectivity index (χ1) is 10.5. The van der Waals surface area contributed by atoms with Crippen molar-refractivity contribution in [3.05, 3.63) is 26.9 Å². The molecule has 1 saturated heterocycles. The van der Waals surface area contributed by atoms with E-state index >= 15 is 0 Å². The zero-order chi connectivity index (χ0) is 15.9. The number of amides is 1. The fraction of sp³-hybridized carbons (Fsp3) is 0.500. The lowest BCUT2D eigenvalue weighted by atomic mass is 10.2. The van der Waals surface area contributed by atoms with Crippen LogP contribution in [0.3, 0.4) is 0 Å². The summed E-state index contributed by atoms with van der Waals surface area (Å²) in [5.74, 6) is -0.350. The average Bonchev–Trinajstić information content (AvgIpc) is 2.95. The van der Waals surface area contributed by atoms with Crippen LogP contribution in [0.2, 0.25) is 0 Å². The van der Waals surface area contributed by atoms with E-state index in [1.54, 1.807) is 0 Å². The van der Waals surface area contributed by atoms with E-state index in [2.05, 4.69) is 26.1 Å². The molecule has 8 nitrogen and oxygen atoms in total. The molecule has 1 aromatic heterocycles. The molecule has 2 rings (SSSR count). The van der Waals surface area contributed by atoms with Crippen molar-refractivity contribution in [3.8, 4) is 0 Å². The predicted octanol–water partition coefficient (Wildman–Crippen LogP) is -0.351. The largest absolute Gasteiger partial charge is 0.376 e. The van der Waals surface area contributed by atoms with E-state index in [-0.39, 0.29) is 28.8 Å². The maximum atomic E-state index is 11.7. The number of hydrogen-bond donors (Lipinski definition) is 5. The number of H-pyrrole nitrogens is 2. The van der Waals surface area contributed by atoms with Gasteiger partial charge in [-0.3, -0.25) is 25.4 Å². The molecule has 1 aromatic rings. The van der Waals surface area contributed by atoms with Crippen molar-refractivity contribution < 1.29 is 9.53 Å². The molecule has 0 aromatic carbocycles. The fourth-order valence-electron chi connectivity index (χ4n) is 2.01. The standard InChI is InChI=1S/C12H17N5O3S2/c18-9-4-7(14-12(22)15-9)5-10(19)16-17-11(21)13-6-8-2-1-3-20-8/h4,8H,1-3,5-6H2,(H,16,19)(H2,13,17,21)(H2,14,15,18,22)/t8-/m0/s1. The second-order valence-corrected chi connectivity index (χ2v) is 5.62. The number of ether oxygens (including phenoxy) is 1. The fourth-order valence-corrected chi connectivity index (χ4v) is 2.38. The number of nitrogens with one attached hydrogen (secondary N) is 5. The molecule has 22 heavy (non-hydrogen) atoms. The number of aromatic nitrogens is 2. The molecule has 1 aliphatic heterocycles. The first-order valence-corrected chi connectivity index (χ1v) is 7.61. The average molecular weight is 343 g/mol. The van der Waals surface area contributed by atoms with Crippen molar-refractivity contribution in [1.29, 1.82) is 0 Å². The van der Waals surface area contributed by atoms with Crippen LogP contribution in [0.5, 0.6) is 0 Å². The van der Waals surface area contributed by atoms with Gasteiger partial charge in [0.2, 0.25) is 5.91 Å². The van der Waals surface area contributed by atoms with Crippen molar-refractivity contribution >= 4 is 35.5 Å². The molecule has 0 bridgehead atoms. The summed E-state index contributed by atoms with van der Waals surface area (Å²) in [7, 11) is 0. The molecule has 1 amide bonds. The highest BCUT2D eigenvalue weighted by molar-refractivity contribution is 7.80. The van der Waals surface area contributed by atoms with Gasteiger partial charge in [0.1, 0.15) is 0 Å². The third-order valence-electron chi connectivity index (χ3n) is 3.00. The summed E-state index contributed by atoms with van der Waals surface area (Å²) in [6.07, 6.45) is 2.20. The van der Waals surface area contributed by atoms with E-state index in [1.807, 2.05) is 0 Å². The third-order valence-corrected chi connectivity index (χ3v) is 3.45. The van der Waals surface area contributed by atoms with Crippen LogP contribution in [0, 0.1) is 4.77 Å². The molecule has 1 atom stereocenters.